The molecular weight excluding hydrogens is 240 g/mol. The number of hydrogen-bond acceptors (Lipinski definition) is 3. The summed E-state index contributed by atoms with van der Waals surface area (Å²) < 4.78 is 1.28. The summed E-state index contributed by atoms with van der Waals surface area (Å²) in [5.41, 5.74) is 3.91. The molecule has 1 heterocycles. The van der Waals surface area contributed by atoms with E-state index in [4.69, 9.17) is 0 Å². The zero-order valence-electron chi connectivity index (χ0n) is 11.4. The van der Waals surface area contributed by atoms with Gasteiger partial charge in [0.2, 0.25) is 0 Å². The van der Waals surface area contributed by atoms with Crippen molar-refractivity contribution in [3.05, 3.63) is 63.1 Å². The highest BCUT2D eigenvalue weighted by atomic mass is 16.3. The van der Waals surface area contributed by atoms with Crippen LogP contribution in [0.2, 0.25) is 0 Å². The van der Waals surface area contributed by atoms with E-state index in [2.05, 4.69) is 5.10 Å². The molecule has 0 aliphatic carbocycles. The highest BCUT2D eigenvalue weighted by Crippen LogP contribution is 2.24. The van der Waals surface area contributed by atoms with Crippen molar-refractivity contribution >= 4 is 0 Å². The molecule has 1 unspecified atom stereocenters. The van der Waals surface area contributed by atoms with Gasteiger partial charge in [-0.3, -0.25) is 4.79 Å². The van der Waals surface area contributed by atoms with E-state index in [-0.39, 0.29) is 12.1 Å². The molecule has 0 aliphatic rings. The van der Waals surface area contributed by atoms with E-state index in [1.165, 1.54) is 16.3 Å². The highest BCUT2D eigenvalue weighted by molar-refractivity contribution is 5.38. The van der Waals surface area contributed by atoms with Crippen LogP contribution in [0.5, 0.6) is 0 Å². The summed E-state index contributed by atoms with van der Waals surface area (Å²) in [5, 5.41) is 14.3. The maximum Gasteiger partial charge on any atom is 0.266 e. The van der Waals surface area contributed by atoms with E-state index in [1.807, 2.05) is 32.9 Å². The largest absolute Gasteiger partial charge is 0.386 e. The Labute approximate surface area is 112 Å². The fourth-order valence-corrected chi connectivity index (χ4v) is 2.50. The summed E-state index contributed by atoms with van der Waals surface area (Å²) in [6.07, 6.45) is 0.816. The van der Waals surface area contributed by atoms with Crippen molar-refractivity contribution in [2.24, 2.45) is 0 Å². The Balaban J connectivity index is 2.33. The average molecular weight is 258 g/mol. The van der Waals surface area contributed by atoms with Gasteiger partial charge in [-0.25, -0.2) is 4.68 Å². The minimum absolute atomic E-state index is 0.171. The number of rotatable bonds is 3. The topological polar surface area (TPSA) is 55.1 Å². The smallest absolute Gasteiger partial charge is 0.266 e. The number of aliphatic hydroxyl groups is 1. The summed E-state index contributed by atoms with van der Waals surface area (Å²) >= 11 is 0. The third-order valence-corrected chi connectivity index (χ3v) is 3.20. The quantitative estimate of drug-likeness (QED) is 0.914. The van der Waals surface area contributed by atoms with Gasteiger partial charge in [0, 0.05) is 12.3 Å². The summed E-state index contributed by atoms with van der Waals surface area (Å²) in [6.45, 7) is 6.14. The van der Waals surface area contributed by atoms with Gasteiger partial charge in [-0.05, 0) is 43.5 Å². The predicted molar refractivity (Wildman–Crippen MR) is 74.1 cm³/mol. The first-order chi connectivity index (χ1) is 8.99. The van der Waals surface area contributed by atoms with Gasteiger partial charge < -0.3 is 5.11 Å². The summed E-state index contributed by atoms with van der Waals surface area (Å²) in [4.78, 5) is 11.6. The molecule has 1 aromatic carbocycles. The normalized spacial score (nSPS) is 12.4. The maximum atomic E-state index is 11.6. The van der Waals surface area contributed by atoms with Crippen LogP contribution in [-0.4, -0.2) is 14.9 Å². The zero-order valence-corrected chi connectivity index (χ0v) is 11.4. The average Bonchev–Trinajstić information content (AvgIpc) is 2.30. The number of hydrogen-bond donors (Lipinski definition) is 1. The molecular formula is C15H18N2O2. The molecule has 4 nitrogen and oxygen atoms in total. The number of aryl methyl sites for hydroxylation is 3. The lowest BCUT2D eigenvalue weighted by atomic mass is 9.95. The van der Waals surface area contributed by atoms with Crippen LogP contribution in [0.4, 0.5) is 0 Å². The minimum atomic E-state index is -0.729. The lowest BCUT2D eigenvalue weighted by molar-refractivity contribution is 0.148. The molecule has 0 saturated heterocycles. The zero-order chi connectivity index (χ0) is 14.0. The van der Waals surface area contributed by atoms with E-state index < -0.39 is 6.10 Å². The van der Waals surface area contributed by atoms with Crippen molar-refractivity contribution in [2.75, 3.05) is 0 Å². The van der Waals surface area contributed by atoms with Gasteiger partial charge >= 0.3 is 0 Å². The minimum Gasteiger partial charge on any atom is -0.386 e. The molecule has 0 bridgehead atoms. The van der Waals surface area contributed by atoms with Crippen LogP contribution in [-0.2, 0) is 6.54 Å². The Morgan fingerprint density at radius 2 is 1.89 bits per heavy atom. The van der Waals surface area contributed by atoms with Crippen molar-refractivity contribution < 1.29 is 5.11 Å². The molecule has 0 amide bonds. The molecule has 4 heteroatoms. The Morgan fingerprint density at radius 1 is 1.26 bits per heavy atom. The monoisotopic (exact) mass is 258 g/mol. The Kier molecular flexibility index (Phi) is 3.81. The molecule has 2 aromatic rings. The summed E-state index contributed by atoms with van der Waals surface area (Å²) in [6, 6.07) is 7.10. The molecule has 1 aromatic heterocycles. The van der Waals surface area contributed by atoms with Crippen LogP contribution in [0.15, 0.2) is 35.3 Å². The fraction of sp³-hybridized carbons (Fsp3) is 0.333. The Morgan fingerprint density at radius 3 is 2.47 bits per heavy atom. The van der Waals surface area contributed by atoms with Crippen molar-refractivity contribution in [3.8, 4) is 0 Å². The first-order valence-corrected chi connectivity index (χ1v) is 6.27. The molecule has 0 fully saturated rings. The summed E-state index contributed by atoms with van der Waals surface area (Å²) in [5.74, 6) is 0. The van der Waals surface area contributed by atoms with E-state index in [1.54, 1.807) is 12.3 Å². The second kappa shape index (κ2) is 5.36. The first kappa shape index (κ1) is 13.5. The number of aromatic nitrogens is 2. The third kappa shape index (κ3) is 2.90. The molecule has 0 saturated carbocycles. The van der Waals surface area contributed by atoms with E-state index in [9.17, 15) is 9.90 Å². The van der Waals surface area contributed by atoms with Gasteiger partial charge in [0.15, 0.2) is 0 Å². The summed E-state index contributed by atoms with van der Waals surface area (Å²) in [7, 11) is 0. The number of aliphatic hydroxyl groups excluding tert-OH is 1. The van der Waals surface area contributed by atoms with Gasteiger partial charge in [-0.2, -0.15) is 5.10 Å². The highest BCUT2D eigenvalue weighted by Gasteiger charge is 2.15. The van der Waals surface area contributed by atoms with Crippen molar-refractivity contribution in [1.29, 1.82) is 0 Å². The lowest BCUT2D eigenvalue weighted by Crippen LogP contribution is -2.25. The van der Waals surface area contributed by atoms with Crippen LogP contribution in [0.1, 0.15) is 28.4 Å². The van der Waals surface area contributed by atoms with Crippen molar-refractivity contribution in [3.63, 3.8) is 0 Å². The van der Waals surface area contributed by atoms with E-state index in [0.29, 0.717) is 0 Å². The van der Waals surface area contributed by atoms with Crippen LogP contribution in [0, 0.1) is 20.8 Å². The first-order valence-electron chi connectivity index (χ1n) is 6.27. The SMILES string of the molecule is Cc1cc(C)c(C(O)Cn2ncccc2=O)c(C)c1. The molecule has 0 spiro atoms. The maximum absolute atomic E-state index is 11.6. The van der Waals surface area contributed by atoms with Crippen LogP contribution >= 0.6 is 0 Å². The Hall–Kier alpha value is -1.94. The molecule has 1 atom stereocenters. The van der Waals surface area contributed by atoms with Gasteiger partial charge in [-0.15, -0.1) is 0 Å². The number of benzene rings is 1. The van der Waals surface area contributed by atoms with Crippen LogP contribution in [0.3, 0.4) is 0 Å². The van der Waals surface area contributed by atoms with Crippen LogP contribution < -0.4 is 5.56 Å². The molecule has 1 N–H and O–H groups in total. The van der Waals surface area contributed by atoms with Gasteiger partial charge in [0.25, 0.3) is 5.56 Å². The Bertz CT molecular complexity index is 624. The molecule has 19 heavy (non-hydrogen) atoms. The standard InChI is InChI=1S/C15H18N2O2/c1-10-7-11(2)15(12(3)8-10)13(18)9-17-14(19)5-4-6-16-17/h4-8,13,18H,9H2,1-3H3. The van der Waals surface area contributed by atoms with Crippen molar-refractivity contribution in [1.82, 2.24) is 9.78 Å². The number of nitrogens with zero attached hydrogens (tertiary/aromatic N) is 2. The molecule has 0 aliphatic heterocycles. The van der Waals surface area contributed by atoms with Crippen LogP contribution in [0.25, 0.3) is 0 Å². The van der Waals surface area contributed by atoms with Gasteiger partial charge in [0.1, 0.15) is 0 Å². The van der Waals surface area contributed by atoms with Gasteiger partial charge in [0.05, 0.1) is 12.6 Å². The lowest BCUT2D eigenvalue weighted by Gasteiger charge is -2.17. The second-order valence-electron chi connectivity index (χ2n) is 4.87. The van der Waals surface area contributed by atoms with E-state index in [0.717, 1.165) is 16.7 Å². The molecule has 100 valence electrons. The van der Waals surface area contributed by atoms with Gasteiger partial charge in [-0.1, -0.05) is 17.7 Å². The third-order valence-electron chi connectivity index (χ3n) is 3.20. The predicted octanol–water partition coefficient (Wildman–Crippen LogP) is 1.90. The molecule has 0 radical (unpaired) electrons. The molecule has 2 rings (SSSR count). The second-order valence-corrected chi connectivity index (χ2v) is 4.87. The fourth-order valence-electron chi connectivity index (χ4n) is 2.50. The van der Waals surface area contributed by atoms with Crippen molar-refractivity contribution in [2.45, 2.75) is 33.4 Å². The van der Waals surface area contributed by atoms with E-state index >= 15 is 0 Å².